The maximum atomic E-state index is 10.9. The van der Waals surface area contributed by atoms with Gasteiger partial charge in [0.1, 0.15) is 0 Å². The average molecular weight is 258 g/mol. The Balaban J connectivity index is 1.64. The molecule has 2 N–H and O–H groups in total. The predicted molar refractivity (Wildman–Crippen MR) is 73.9 cm³/mol. The van der Waals surface area contributed by atoms with Crippen molar-refractivity contribution >= 4 is 16.9 Å². The number of H-pyrrole nitrogens is 1. The molecule has 2 heterocycles. The van der Waals surface area contributed by atoms with Crippen LogP contribution in [0.5, 0.6) is 0 Å². The molecule has 0 radical (unpaired) electrons. The lowest BCUT2D eigenvalue weighted by Crippen LogP contribution is -2.35. The van der Waals surface area contributed by atoms with Crippen molar-refractivity contribution in [2.75, 3.05) is 13.1 Å². The Morgan fingerprint density at radius 2 is 2.05 bits per heavy atom. The van der Waals surface area contributed by atoms with Crippen LogP contribution in [0.3, 0.4) is 0 Å². The van der Waals surface area contributed by atoms with E-state index in [1.54, 1.807) is 0 Å². The molecule has 4 nitrogen and oxygen atoms in total. The molecular formula is C15H18N2O2. The predicted octanol–water partition coefficient (Wildman–Crippen LogP) is 2.46. The number of carbonyl (C=O) groups is 1. The van der Waals surface area contributed by atoms with Gasteiger partial charge in [0.25, 0.3) is 0 Å². The number of nitrogens with one attached hydrogen (secondary N) is 1. The zero-order valence-corrected chi connectivity index (χ0v) is 10.8. The largest absolute Gasteiger partial charge is 0.481 e. The van der Waals surface area contributed by atoms with E-state index in [2.05, 4.69) is 28.1 Å². The van der Waals surface area contributed by atoms with Gasteiger partial charge in [-0.1, -0.05) is 18.2 Å². The van der Waals surface area contributed by atoms with E-state index in [1.807, 2.05) is 12.1 Å². The van der Waals surface area contributed by atoms with E-state index in [0.29, 0.717) is 0 Å². The highest BCUT2D eigenvalue weighted by Gasteiger charge is 2.24. The van der Waals surface area contributed by atoms with Crippen LogP contribution in [0.1, 0.15) is 18.5 Å². The molecule has 1 aromatic heterocycles. The minimum atomic E-state index is -0.648. The number of aromatic nitrogens is 1. The summed E-state index contributed by atoms with van der Waals surface area (Å²) in [6.07, 6.45) is 1.52. The van der Waals surface area contributed by atoms with E-state index < -0.39 is 5.97 Å². The lowest BCUT2D eigenvalue weighted by Gasteiger charge is -2.29. The molecule has 19 heavy (non-hydrogen) atoms. The lowest BCUT2D eigenvalue weighted by molar-refractivity contribution is -0.143. The van der Waals surface area contributed by atoms with Crippen molar-refractivity contribution < 1.29 is 9.90 Å². The number of aliphatic carboxylic acids is 1. The number of aromatic amines is 1. The van der Waals surface area contributed by atoms with Crippen molar-refractivity contribution in [3.05, 3.63) is 36.0 Å². The molecule has 0 atom stereocenters. The van der Waals surface area contributed by atoms with Crippen molar-refractivity contribution in [2.24, 2.45) is 5.92 Å². The van der Waals surface area contributed by atoms with Crippen molar-refractivity contribution in [1.29, 1.82) is 0 Å². The van der Waals surface area contributed by atoms with Gasteiger partial charge in [-0.3, -0.25) is 9.69 Å². The molecule has 0 aliphatic carbocycles. The number of piperidine rings is 1. The molecule has 1 saturated heterocycles. The minimum Gasteiger partial charge on any atom is -0.481 e. The average Bonchev–Trinajstić information content (AvgIpc) is 2.81. The van der Waals surface area contributed by atoms with Gasteiger partial charge in [-0.15, -0.1) is 0 Å². The van der Waals surface area contributed by atoms with E-state index in [4.69, 9.17) is 5.11 Å². The lowest BCUT2D eigenvalue weighted by atomic mass is 9.97. The Morgan fingerprint density at radius 1 is 1.32 bits per heavy atom. The fourth-order valence-electron chi connectivity index (χ4n) is 2.80. The number of para-hydroxylation sites is 1. The zero-order valence-electron chi connectivity index (χ0n) is 10.8. The second kappa shape index (κ2) is 5.05. The molecule has 1 aromatic carbocycles. The van der Waals surface area contributed by atoms with Gasteiger partial charge in [0.15, 0.2) is 0 Å². The summed E-state index contributed by atoms with van der Waals surface area (Å²) < 4.78 is 0. The van der Waals surface area contributed by atoms with Crippen LogP contribution in [-0.4, -0.2) is 34.0 Å². The van der Waals surface area contributed by atoms with Gasteiger partial charge in [0, 0.05) is 17.8 Å². The molecule has 0 spiro atoms. The fourth-order valence-corrected chi connectivity index (χ4v) is 2.80. The molecule has 1 aliphatic heterocycles. The molecule has 0 saturated carbocycles. The molecule has 100 valence electrons. The Bertz CT molecular complexity index is 550. The number of likely N-dealkylation sites (tertiary alicyclic amines) is 1. The van der Waals surface area contributed by atoms with Crippen molar-refractivity contribution in [2.45, 2.75) is 19.4 Å². The van der Waals surface area contributed by atoms with Crippen LogP contribution in [0.4, 0.5) is 0 Å². The number of nitrogens with zero attached hydrogens (tertiary/aromatic N) is 1. The molecule has 4 heteroatoms. The normalized spacial score (nSPS) is 17.9. The monoisotopic (exact) mass is 258 g/mol. The van der Waals surface area contributed by atoms with Crippen LogP contribution in [0.15, 0.2) is 30.3 Å². The summed E-state index contributed by atoms with van der Waals surface area (Å²) in [4.78, 5) is 16.7. The first-order chi connectivity index (χ1) is 9.22. The Morgan fingerprint density at radius 3 is 2.74 bits per heavy atom. The molecular weight excluding hydrogens is 240 g/mol. The van der Waals surface area contributed by atoms with Gasteiger partial charge in [-0.05, 0) is 43.5 Å². The van der Waals surface area contributed by atoms with Crippen LogP contribution < -0.4 is 0 Å². The number of carboxylic acids is 1. The first kappa shape index (κ1) is 12.2. The quantitative estimate of drug-likeness (QED) is 0.889. The highest BCUT2D eigenvalue weighted by atomic mass is 16.4. The summed E-state index contributed by atoms with van der Waals surface area (Å²) in [5.41, 5.74) is 2.37. The van der Waals surface area contributed by atoms with Gasteiger partial charge in [0.2, 0.25) is 0 Å². The third kappa shape index (κ3) is 2.63. The van der Waals surface area contributed by atoms with Crippen molar-refractivity contribution in [3.63, 3.8) is 0 Å². The summed E-state index contributed by atoms with van der Waals surface area (Å²) in [5, 5.41) is 10.2. The molecule has 0 bridgehead atoms. The third-order valence-electron chi connectivity index (χ3n) is 3.92. The highest BCUT2D eigenvalue weighted by Crippen LogP contribution is 2.21. The van der Waals surface area contributed by atoms with Gasteiger partial charge in [-0.2, -0.15) is 0 Å². The van der Waals surface area contributed by atoms with Crippen LogP contribution in [-0.2, 0) is 11.3 Å². The van der Waals surface area contributed by atoms with E-state index in [-0.39, 0.29) is 5.92 Å². The van der Waals surface area contributed by atoms with Gasteiger partial charge in [-0.25, -0.2) is 0 Å². The van der Waals surface area contributed by atoms with E-state index in [0.717, 1.165) is 38.0 Å². The maximum Gasteiger partial charge on any atom is 0.306 e. The molecule has 1 aliphatic rings. The number of fused-ring (bicyclic) bond motifs is 1. The molecule has 3 rings (SSSR count). The van der Waals surface area contributed by atoms with Crippen LogP contribution in [0.25, 0.3) is 10.9 Å². The summed E-state index contributed by atoms with van der Waals surface area (Å²) in [5.74, 6) is -0.802. The second-order valence-electron chi connectivity index (χ2n) is 5.27. The van der Waals surface area contributed by atoms with Crippen LogP contribution >= 0.6 is 0 Å². The topological polar surface area (TPSA) is 56.3 Å². The number of hydrogen-bond donors (Lipinski definition) is 2. The molecule has 0 amide bonds. The number of rotatable bonds is 3. The highest BCUT2D eigenvalue weighted by molar-refractivity contribution is 5.80. The first-order valence-electron chi connectivity index (χ1n) is 6.74. The van der Waals surface area contributed by atoms with Crippen molar-refractivity contribution in [1.82, 2.24) is 9.88 Å². The standard InChI is InChI=1S/C15H18N2O2/c18-15(19)11-5-7-17(8-6-11)10-13-9-12-3-1-2-4-14(12)16-13/h1-4,9,11,16H,5-8,10H2,(H,18,19). The van der Waals surface area contributed by atoms with E-state index >= 15 is 0 Å². The van der Waals surface area contributed by atoms with Gasteiger partial charge in [0.05, 0.1) is 5.92 Å². The van der Waals surface area contributed by atoms with Gasteiger partial charge < -0.3 is 10.1 Å². The molecule has 2 aromatic rings. The van der Waals surface area contributed by atoms with Crippen LogP contribution in [0.2, 0.25) is 0 Å². The molecule has 0 unspecified atom stereocenters. The summed E-state index contributed by atoms with van der Waals surface area (Å²) >= 11 is 0. The number of benzene rings is 1. The number of hydrogen-bond acceptors (Lipinski definition) is 2. The smallest absolute Gasteiger partial charge is 0.306 e. The fraction of sp³-hybridized carbons (Fsp3) is 0.400. The zero-order chi connectivity index (χ0) is 13.2. The van der Waals surface area contributed by atoms with Crippen molar-refractivity contribution in [3.8, 4) is 0 Å². The second-order valence-corrected chi connectivity index (χ2v) is 5.27. The summed E-state index contributed by atoms with van der Waals surface area (Å²) in [7, 11) is 0. The molecule has 1 fully saturated rings. The minimum absolute atomic E-state index is 0.154. The number of carboxylic acid groups (broad SMARTS) is 1. The first-order valence-corrected chi connectivity index (χ1v) is 6.74. The summed E-state index contributed by atoms with van der Waals surface area (Å²) in [6, 6.07) is 10.4. The third-order valence-corrected chi connectivity index (χ3v) is 3.92. The van der Waals surface area contributed by atoms with E-state index in [1.165, 1.54) is 11.1 Å². The Kier molecular flexibility index (Phi) is 3.25. The Hall–Kier alpha value is -1.81. The summed E-state index contributed by atoms with van der Waals surface area (Å²) in [6.45, 7) is 2.61. The SMILES string of the molecule is O=C(O)C1CCN(Cc2cc3ccccc3[nH]2)CC1. The van der Waals surface area contributed by atoms with Crippen LogP contribution in [0, 0.1) is 5.92 Å². The van der Waals surface area contributed by atoms with Gasteiger partial charge >= 0.3 is 5.97 Å². The van der Waals surface area contributed by atoms with E-state index in [9.17, 15) is 4.79 Å². The Labute approximate surface area is 112 Å². The maximum absolute atomic E-state index is 10.9.